The Labute approximate surface area is 157 Å². The van der Waals surface area contributed by atoms with Gasteiger partial charge in [0, 0.05) is 30.9 Å². The van der Waals surface area contributed by atoms with Crippen LogP contribution >= 0.6 is 0 Å². The Kier molecular flexibility index (Phi) is 5.97. The van der Waals surface area contributed by atoms with Gasteiger partial charge in [-0.05, 0) is 75.3 Å². The minimum Gasteiger partial charge on any atom is -0.372 e. The van der Waals surface area contributed by atoms with Crippen molar-refractivity contribution in [3.05, 3.63) is 64.2 Å². The molecule has 1 saturated heterocycles. The molecule has 1 aliphatic heterocycles. The molecule has 0 saturated carbocycles. The van der Waals surface area contributed by atoms with Crippen LogP contribution in [0.5, 0.6) is 0 Å². The molecule has 0 aromatic heterocycles. The highest BCUT2D eigenvalue weighted by Crippen LogP contribution is 2.21. The highest BCUT2D eigenvalue weighted by Gasteiger charge is 2.13. The number of benzene rings is 2. The van der Waals surface area contributed by atoms with Crippen molar-refractivity contribution in [3.63, 3.8) is 0 Å². The van der Waals surface area contributed by atoms with Gasteiger partial charge in [0.05, 0.1) is 0 Å². The maximum absolute atomic E-state index is 12.5. The Hall–Kier alpha value is -2.29. The maximum Gasteiger partial charge on any atom is 0.251 e. The van der Waals surface area contributed by atoms with E-state index in [0.717, 1.165) is 29.5 Å². The van der Waals surface area contributed by atoms with E-state index < -0.39 is 0 Å². The van der Waals surface area contributed by atoms with Crippen LogP contribution < -0.4 is 10.2 Å². The Balaban J connectivity index is 1.47. The fraction of sp³-hybridized carbons (Fsp3) is 0.435. The normalized spacial score (nSPS) is 13.9. The highest BCUT2D eigenvalue weighted by molar-refractivity contribution is 5.97. The number of nitrogens with one attached hydrogen (secondary N) is 1. The molecule has 26 heavy (non-hydrogen) atoms. The third kappa shape index (κ3) is 4.46. The summed E-state index contributed by atoms with van der Waals surface area (Å²) in [5.41, 5.74) is 6.81. The number of carbonyl (C=O) groups is 1. The second-order valence-corrected chi connectivity index (χ2v) is 7.49. The maximum atomic E-state index is 12.5. The minimum atomic E-state index is 0.0457. The molecule has 1 N–H and O–H groups in total. The topological polar surface area (TPSA) is 32.3 Å². The summed E-state index contributed by atoms with van der Waals surface area (Å²) in [4.78, 5) is 14.9. The molecule has 1 fully saturated rings. The molecule has 3 heteroatoms. The number of hydrogen-bond donors (Lipinski definition) is 1. The van der Waals surface area contributed by atoms with E-state index in [0.29, 0.717) is 6.54 Å². The number of amides is 1. The van der Waals surface area contributed by atoms with Crippen LogP contribution in [-0.2, 0) is 6.42 Å². The number of rotatable bonds is 6. The van der Waals surface area contributed by atoms with Crippen LogP contribution in [0, 0.1) is 20.8 Å². The van der Waals surface area contributed by atoms with Crippen molar-refractivity contribution >= 4 is 11.6 Å². The zero-order valence-corrected chi connectivity index (χ0v) is 16.3. The smallest absolute Gasteiger partial charge is 0.251 e. The number of carbonyl (C=O) groups excluding carboxylic acids is 1. The second-order valence-electron chi connectivity index (χ2n) is 7.49. The summed E-state index contributed by atoms with van der Waals surface area (Å²) in [5, 5.41) is 3.08. The molecule has 0 bridgehead atoms. The Bertz CT molecular complexity index is 735. The first-order valence-electron chi connectivity index (χ1n) is 9.74. The number of anilines is 1. The lowest BCUT2D eigenvalue weighted by Crippen LogP contribution is -2.26. The summed E-state index contributed by atoms with van der Waals surface area (Å²) in [6, 6.07) is 13.1. The molecule has 3 rings (SSSR count). The second kappa shape index (κ2) is 8.39. The van der Waals surface area contributed by atoms with Crippen molar-refractivity contribution in [1.82, 2.24) is 5.32 Å². The molecule has 3 nitrogen and oxygen atoms in total. The van der Waals surface area contributed by atoms with E-state index in [9.17, 15) is 4.79 Å². The monoisotopic (exact) mass is 350 g/mol. The SMILES string of the molecule is Cc1cc(C)c(C(=O)NCCCc2ccc(N3CCCC3)cc2)c(C)c1. The van der Waals surface area contributed by atoms with Crippen molar-refractivity contribution in [2.75, 3.05) is 24.5 Å². The highest BCUT2D eigenvalue weighted by atomic mass is 16.1. The van der Waals surface area contributed by atoms with Crippen molar-refractivity contribution in [2.45, 2.75) is 46.5 Å². The van der Waals surface area contributed by atoms with Gasteiger partial charge in [0.15, 0.2) is 0 Å². The van der Waals surface area contributed by atoms with Gasteiger partial charge in [-0.3, -0.25) is 4.79 Å². The predicted octanol–water partition coefficient (Wildman–Crippen LogP) is 4.57. The van der Waals surface area contributed by atoms with Crippen LogP contribution in [0.15, 0.2) is 36.4 Å². The van der Waals surface area contributed by atoms with Crippen LogP contribution in [0.25, 0.3) is 0 Å². The number of aryl methyl sites for hydroxylation is 4. The summed E-state index contributed by atoms with van der Waals surface area (Å²) in [6.07, 6.45) is 4.56. The summed E-state index contributed by atoms with van der Waals surface area (Å²) in [6.45, 7) is 9.16. The molecule has 1 heterocycles. The molecular formula is C23H30N2O. The van der Waals surface area contributed by atoms with Gasteiger partial charge < -0.3 is 10.2 Å². The fourth-order valence-electron chi connectivity index (χ4n) is 3.97. The van der Waals surface area contributed by atoms with Gasteiger partial charge in [0.1, 0.15) is 0 Å². The number of nitrogens with zero attached hydrogens (tertiary/aromatic N) is 1. The van der Waals surface area contributed by atoms with Crippen LogP contribution in [0.3, 0.4) is 0 Å². The third-order valence-corrected chi connectivity index (χ3v) is 5.24. The lowest BCUT2D eigenvalue weighted by atomic mass is 9.99. The van der Waals surface area contributed by atoms with E-state index in [2.05, 4.69) is 53.5 Å². The van der Waals surface area contributed by atoms with Gasteiger partial charge in [-0.25, -0.2) is 0 Å². The summed E-state index contributed by atoms with van der Waals surface area (Å²) in [7, 11) is 0. The van der Waals surface area contributed by atoms with Gasteiger partial charge in [0.25, 0.3) is 5.91 Å². The van der Waals surface area contributed by atoms with E-state index in [-0.39, 0.29) is 5.91 Å². The largest absolute Gasteiger partial charge is 0.372 e. The zero-order chi connectivity index (χ0) is 18.5. The average molecular weight is 351 g/mol. The van der Waals surface area contributed by atoms with Gasteiger partial charge in [-0.15, -0.1) is 0 Å². The van der Waals surface area contributed by atoms with Gasteiger partial charge in [-0.1, -0.05) is 29.8 Å². The Morgan fingerprint density at radius 1 is 1.00 bits per heavy atom. The fourth-order valence-corrected chi connectivity index (χ4v) is 3.97. The van der Waals surface area contributed by atoms with Crippen molar-refractivity contribution in [2.24, 2.45) is 0 Å². The molecule has 0 atom stereocenters. The van der Waals surface area contributed by atoms with Crippen molar-refractivity contribution in [3.8, 4) is 0 Å². The molecule has 0 aliphatic carbocycles. The van der Waals surface area contributed by atoms with E-state index >= 15 is 0 Å². The van der Waals surface area contributed by atoms with E-state index in [4.69, 9.17) is 0 Å². The third-order valence-electron chi connectivity index (χ3n) is 5.24. The van der Waals surface area contributed by atoms with Gasteiger partial charge in [0.2, 0.25) is 0 Å². The standard InChI is InChI=1S/C23H30N2O/c1-17-15-18(2)22(19(3)16-17)23(26)24-12-6-7-20-8-10-21(11-9-20)25-13-4-5-14-25/h8-11,15-16H,4-7,12-14H2,1-3H3,(H,24,26). The molecule has 0 radical (unpaired) electrons. The first-order valence-corrected chi connectivity index (χ1v) is 9.74. The Morgan fingerprint density at radius 2 is 1.62 bits per heavy atom. The average Bonchev–Trinajstić information content (AvgIpc) is 3.13. The van der Waals surface area contributed by atoms with Crippen molar-refractivity contribution in [1.29, 1.82) is 0 Å². The molecular weight excluding hydrogens is 320 g/mol. The molecule has 138 valence electrons. The predicted molar refractivity (Wildman–Crippen MR) is 109 cm³/mol. The molecule has 0 unspecified atom stereocenters. The first kappa shape index (κ1) is 18.5. The van der Waals surface area contributed by atoms with Crippen LogP contribution in [0.2, 0.25) is 0 Å². The lowest BCUT2D eigenvalue weighted by molar-refractivity contribution is 0.0952. The van der Waals surface area contributed by atoms with Gasteiger partial charge in [-0.2, -0.15) is 0 Å². The van der Waals surface area contributed by atoms with Crippen LogP contribution in [-0.4, -0.2) is 25.5 Å². The van der Waals surface area contributed by atoms with E-state index in [1.807, 2.05) is 13.8 Å². The van der Waals surface area contributed by atoms with E-state index in [1.165, 1.54) is 42.7 Å². The number of hydrogen-bond acceptors (Lipinski definition) is 2. The molecule has 1 aliphatic rings. The molecule has 0 spiro atoms. The Morgan fingerprint density at radius 3 is 2.23 bits per heavy atom. The summed E-state index contributed by atoms with van der Waals surface area (Å²) in [5.74, 6) is 0.0457. The van der Waals surface area contributed by atoms with Crippen LogP contribution in [0.1, 0.15) is 51.9 Å². The van der Waals surface area contributed by atoms with Crippen LogP contribution in [0.4, 0.5) is 5.69 Å². The lowest BCUT2D eigenvalue weighted by Gasteiger charge is -2.17. The minimum absolute atomic E-state index is 0.0457. The van der Waals surface area contributed by atoms with E-state index in [1.54, 1.807) is 0 Å². The molecule has 1 amide bonds. The summed E-state index contributed by atoms with van der Waals surface area (Å²) >= 11 is 0. The first-order chi connectivity index (χ1) is 12.5. The van der Waals surface area contributed by atoms with Gasteiger partial charge >= 0.3 is 0 Å². The van der Waals surface area contributed by atoms with Crippen molar-refractivity contribution < 1.29 is 4.79 Å². The summed E-state index contributed by atoms with van der Waals surface area (Å²) < 4.78 is 0. The molecule has 2 aromatic carbocycles. The zero-order valence-electron chi connectivity index (χ0n) is 16.3. The quantitative estimate of drug-likeness (QED) is 0.774. The molecule has 2 aromatic rings.